The molecule has 1 unspecified atom stereocenters. The Morgan fingerprint density at radius 3 is 2.63 bits per heavy atom. The van der Waals surface area contributed by atoms with E-state index in [-0.39, 0.29) is 29.1 Å². The van der Waals surface area contributed by atoms with Gasteiger partial charge >= 0.3 is 0 Å². The normalized spacial score (nSPS) is 13.9. The molecule has 1 heterocycles. The summed E-state index contributed by atoms with van der Waals surface area (Å²) in [6, 6.07) is 20.7. The van der Waals surface area contributed by atoms with Crippen molar-refractivity contribution in [3.63, 3.8) is 0 Å². The summed E-state index contributed by atoms with van der Waals surface area (Å²) in [7, 11) is 1.63. The first-order valence-corrected chi connectivity index (χ1v) is 11.6. The number of H-pyrrole nitrogens is 1. The Morgan fingerprint density at radius 1 is 1.14 bits per heavy atom. The Labute approximate surface area is 202 Å². The van der Waals surface area contributed by atoms with Gasteiger partial charge in [-0.2, -0.15) is 0 Å². The maximum atomic E-state index is 12.4. The van der Waals surface area contributed by atoms with E-state index in [1.165, 1.54) is 6.07 Å². The van der Waals surface area contributed by atoms with Crippen LogP contribution in [-0.4, -0.2) is 35.5 Å². The molecule has 1 aliphatic rings. The Kier molecular flexibility index (Phi) is 6.10. The standard InChI is InChI=1S/C27H26N4O4/c1-35-20-11-6-17(7-12-20)22(23-16-28-24-5-3-2-4-21(23)24)15-29-25-13-8-18(14-26(25)31(33)34)27(32)30-19-9-10-19/h2-8,11-14,16,19,22,28-29H,9-10,15H2,1H3,(H,30,32). The largest absolute Gasteiger partial charge is 0.497 e. The van der Waals surface area contributed by atoms with Crippen LogP contribution in [0.3, 0.4) is 0 Å². The van der Waals surface area contributed by atoms with Crippen molar-refractivity contribution in [2.75, 3.05) is 19.0 Å². The summed E-state index contributed by atoms with van der Waals surface area (Å²) in [5.74, 6) is 0.390. The number of nitrogens with one attached hydrogen (secondary N) is 3. The number of nitro groups is 1. The van der Waals surface area contributed by atoms with Gasteiger partial charge in [-0.25, -0.2) is 0 Å². The number of fused-ring (bicyclic) bond motifs is 1. The van der Waals surface area contributed by atoms with E-state index in [2.05, 4.69) is 21.7 Å². The van der Waals surface area contributed by atoms with Gasteiger partial charge in [0.25, 0.3) is 11.6 Å². The van der Waals surface area contributed by atoms with Gasteiger partial charge in [0.05, 0.1) is 12.0 Å². The van der Waals surface area contributed by atoms with Crippen LogP contribution in [0.4, 0.5) is 11.4 Å². The number of anilines is 1. The molecule has 0 aliphatic heterocycles. The van der Waals surface area contributed by atoms with Crippen LogP contribution >= 0.6 is 0 Å². The Hall–Kier alpha value is -4.33. The molecule has 4 aromatic rings. The number of carbonyl (C=O) groups is 1. The molecule has 1 aliphatic carbocycles. The van der Waals surface area contributed by atoms with Crippen LogP contribution in [0.5, 0.6) is 5.75 Å². The topological polar surface area (TPSA) is 109 Å². The van der Waals surface area contributed by atoms with Crippen LogP contribution in [0.25, 0.3) is 10.9 Å². The molecule has 1 aromatic heterocycles. The molecule has 0 bridgehead atoms. The fourth-order valence-electron chi connectivity index (χ4n) is 4.31. The lowest BCUT2D eigenvalue weighted by atomic mass is 9.90. The van der Waals surface area contributed by atoms with Crippen molar-refractivity contribution in [1.29, 1.82) is 0 Å². The number of amides is 1. The van der Waals surface area contributed by atoms with Crippen molar-refractivity contribution in [1.82, 2.24) is 10.3 Å². The number of nitrogens with zero attached hydrogens (tertiary/aromatic N) is 1. The summed E-state index contributed by atoms with van der Waals surface area (Å²) in [6.45, 7) is 0.419. The van der Waals surface area contributed by atoms with E-state index < -0.39 is 4.92 Å². The van der Waals surface area contributed by atoms with Gasteiger partial charge in [0.2, 0.25) is 0 Å². The van der Waals surface area contributed by atoms with E-state index in [9.17, 15) is 14.9 Å². The third-order valence-corrected chi connectivity index (χ3v) is 6.38. The smallest absolute Gasteiger partial charge is 0.293 e. The minimum Gasteiger partial charge on any atom is -0.497 e. The molecule has 1 atom stereocenters. The predicted molar refractivity (Wildman–Crippen MR) is 135 cm³/mol. The van der Waals surface area contributed by atoms with E-state index in [1.807, 2.05) is 48.7 Å². The lowest BCUT2D eigenvalue weighted by molar-refractivity contribution is -0.384. The van der Waals surface area contributed by atoms with Crippen molar-refractivity contribution in [3.05, 3.63) is 99.7 Å². The molecule has 3 N–H and O–H groups in total. The number of hydrogen-bond donors (Lipinski definition) is 3. The summed E-state index contributed by atoms with van der Waals surface area (Å²) in [5, 5.41) is 19.1. The maximum absolute atomic E-state index is 12.4. The highest BCUT2D eigenvalue weighted by molar-refractivity contribution is 5.96. The Morgan fingerprint density at radius 2 is 1.91 bits per heavy atom. The zero-order chi connectivity index (χ0) is 24.4. The second kappa shape index (κ2) is 9.50. The molecule has 5 rings (SSSR count). The van der Waals surface area contributed by atoms with Crippen LogP contribution in [0, 0.1) is 10.1 Å². The number of carbonyl (C=O) groups excluding carboxylic acids is 1. The number of aromatic nitrogens is 1. The Bertz CT molecular complexity index is 1380. The summed E-state index contributed by atoms with van der Waals surface area (Å²) in [5.41, 5.74) is 3.69. The highest BCUT2D eigenvalue weighted by atomic mass is 16.6. The van der Waals surface area contributed by atoms with Crippen LogP contribution in [0.2, 0.25) is 0 Å². The lowest BCUT2D eigenvalue weighted by Gasteiger charge is -2.19. The molecular weight excluding hydrogens is 444 g/mol. The third-order valence-electron chi connectivity index (χ3n) is 6.38. The molecule has 178 valence electrons. The van der Waals surface area contributed by atoms with Crippen LogP contribution in [-0.2, 0) is 0 Å². The predicted octanol–water partition coefficient (Wildman–Crippen LogP) is 5.22. The van der Waals surface area contributed by atoms with Crippen molar-refractivity contribution in [3.8, 4) is 5.75 Å². The minimum absolute atomic E-state index is 0.0884. The summed E-state index contributed by atoms with van der Waals surface area (Å²) in [4.78, 5) is 27.1. The SMILES string of the molecule is COc1ccc(C(CNc2ccc(C(=O)NC3CC3)cc2[N+](=O)[O-])c2c[nH]c3ccccc23)cc1. The molecular formula is C27H26N4O4. The van der Waals surface area contributed by atoms with Gasteiger partial charge in [0.15, 0.2) is 0 Å². The quantitative estimate of drug-likeness (QED) is 0.229. The summed E-state index contributed by atoms with van der Waals surface area (Å²) < 4.78 is 5.31. The lowest BCUT2D eigenvalue weighted by Crippen LogP contribution is -2.25. The monoisotopic (exact) mass is 470 g/mol. The van der Waals surface area contributed by atoms with Gasteiger partial charge in [-0.15, -0.1) is 0 Å². The Balaban J connectivity index is 1.45. The van der Waals surface area contributed by atoms with Crippen molar-refractivity contribution < 1.29 is 14.5 Å². The average molecular weight is 471 g/mol. The summed E-state index contributed by atoms with van der Waals surface area (Å²) >= 11 is 0. The van der Waals surface area contributed by atoms with E-state index in [0.29, 0.717) is 12.2 Å². The van der Waals surface area contributed by atoms with Crippen LogP contribution in [0.15, 0.2) is 72.9 Å². The highest BCUT2D eigenvalue weighted by Crippen LogP contribution is 2.34. The van der Waals surface area contributed by atoms with E-state index >= 15 is 0 Å². The van der Waals surface area contributed by atoms with E-state index in [4.69, 9.17) is 4.74 Å². The van der Waals surface area contributed by atoms with Crippen molar-refractivity contribution in [2.24, 2.45) is 0 Å². The fraction of sp³-hybridized carbons (Fsp3) is 0.222. The maximum Gasteiger partial charge on any atom is 0.293 e. The fourth-order valence-corrected chi connectivity index (χ4v) is 4.31. The van der Waals surface area contributed by atoms with Gasteiger partial charge in [-0.3, -0.25) is 14.9 Å². The second-order valence-electron chi connectivity index (χ2n) is 8.73. The van der Waals surface area contributed by atoms with Gasteiger partial charge in [0, 0.05) is 47.2 Å². The van der Waals surface area contributed by atoms with Crippen LogP contribution < -0.4 is 15.4 Å². The molecule has 1 saturated carbocycles. The third kappa shape index (κ3) is 4.82. The minimum atomic E-state index is -0.454. The van der Waals surface area contributed by atoms with Crippen molar-refractivity contribution >= 4 is 28.2 Å². The molecule has 0 spiro atoms. The summed E-state index contributed by atoms with van der Waals surface area (Å²) in [6.07, 6.45) is 3.89. The number of para-hydroxylation sites is 1. The number of nitro benzene ring substituents is 1. The van der Waals surface area contributed by atoms with Gasteiger partial charge in [0.1, 0.15) is 11.4 Å². The number of ether oxygens (including phenoxy) is 1. The van der Waals surface area contributed by atoms with Gasteiger partial charge in [-0.1, -0.05) is 30.3 Å². The molecule has 35 heavy (non-hydrogen) atoms. The zero-order valence-electron chi connectivity index (χ0n) is 19.3. The zero-order valence-corrected chi connectivity index (χ0v) is 19.3. The number of benzene rings is 3. The van der Waals surface area contributed by atoms with Gasteiger partial charge < -0.3 is 20.4 Å². The molecule has 1 amide bonds. The number of methoxy groups -OCH3 is 1. The molecule has 0 radical (unpaired) electrons. The number of rotatable bonds is 9. The number of aromatic amines is 1. The van der Waals surface area contributed by atoms with Crippen molar-refractivity contribution in [2.45, 2.75) is 24.8 Å². The molecule has 8 nitrogen and oxygen atoms in total. The average Bonchev–Trinajstić information content (AvgIpc) is 3.60. The highest BCUT2D eigenvalue weighted by Gasteiger charge is 2.26. The second-order valence-corrected chi connectivity index (χ2v) is 8.73. The first-order chi connectivity index (χ1) is 17.0. The first-order valence-electron chi connectivity index (χ1n) is 11.6. The van der Waals surface area contributed by atoms with Crippen LogP contribution in [0.1, 0.15) is 40.2 Å². The van der Waals surface area contributed by atoms with Gasteiger partial charge in [-0.05, 0) is 54.3 Å². The van der Waals surface area contributed by atoms with E-state index in [1.54, 1.807) is 19.2 Å². The molecule has 1 fully saturated rings. The number of hydrogen-bond acceptors (Lipinski definition) is 5. The van der Waals surface area contributed by atoms with E-state index in [0.717, 1.165) is 40.6 Å². The first kappa shape index (κ1) is 22.5. The molecule has 3 aromatic carbocycles. The molecule has 8 heteroatoms. The molecule has 0 saturated heterocycles.